The third-order valence-electron chi connectivity index (χ3n) is 6.12. The van der Waals surface area contributed by atoms with Crippen molar-refractivity contribution in [1.29, 1.82) is 0 Å². The summed E-state index contributed by atoms with van der Waals surface area (Å²) >= 11 is 3.44. The average molecular weight is 609 g/mol. The number of carboxylic acid groups (broad SMARTS) is 2. The molecule has 17 nitrogen and oxygen atoms in total. The number of hydrogen-bond donors (Lipinski definition) is 4. The Morgan fingerprint density at radius 2 is 2.17 bits per heavy atom. The molecule has 2 fully saturated rings. The van der Waals surface area contributed by atoms with Gasteiger partial charge in [0.25, 0.3) is 5.91 Å². The van der Waals surface area contributed by atoms with Gasteiger partial charge in [-0.05, 0) is 16.5 Å². The lowest BCUT2D eigenvalue weighted by atomic mass is 9.89. The van der Waals surface area contributed by atoms with Gasteiger partial charge in [-0.2, -0.15) is 0 Å². The maximum Gasteiger partial charge on any atom is 0.313 e. The van der Waals surface area contributed by atoms with Crippen molar-refractivity contribution in [1.82, 2.24) is 40.5 Å². The number of thioether (sulfide) groups is 2. The van der Waals surface area contributed by atoms with E-state index in [0.717, 1.165) is 27.7 Å². The number of oxime groups is 1. The summed E-state index contributed by atoms with van der Waals surface area (Å²) in [4.78, 5) is 59.8. The SMILES string of the molecule is CON=C(C(=O)NC1C(=O)N2CC(CSc3cc(CC(=O)O)c4nnnn4n3)(C(=O)O)CS[C@H]12)c1csc(N)n1. The molecule has 20 heteroatoms. The summed E-state index contributed by atoms with van der Waals surface area (Å²) in [6, 6.07) is 0.617. The summed E-state index contributed by atoms with van der Waals surface area (Å²) < 4.78 is 1.09. The largest absolute Gasteiger partial charge is 0.481 e. The molecule has 3 aromatic rings. The van der Waals surface area contributed by atoms with E-state index in [9.17, 15) is 29.4 Å². The number of carboxylic acids is 2. The number of nitrogen functional groups attached to an aromatic ring is 1. The number of fused-ring (bicyclic) bond motifs is 2. The molecule has 210 valence electrons. The summed E-state index contributed by atoms with van der Waals surface area (Å²) in [5, 5.41) is 42.6. The zero-order valence-electron chi connectivity index (χ0n) is 20.5. The lowest BCUT2D eigenvalue weighted by Crippen LogP contribution is -2.74. The van der Waals surface area contributed by atoms with Crippen LogP contribution < -0.4 is 11.1 Å². The van der Waals surface area contributed by atoms with E-state index in [2.05, 4.69) is 36.1 Å². The van der Waals surface area contributed by atoms with Crippen molar-refractivity contribution in [3.8, 4) is 0 Å². The maximum absolute atomic E-state index is 13.0. The molecule has 2 saturated heterocycles. The molecule has 2 amide bonds. The van der Waals surface area contributed by atoms with E-state index in [1.165, 1.54) is 35.2 Å². The number of nitrogens with one attached hydrogen (secondary N) is 1. The van der Waals surface area contributed by atoms with E-state index in [4.69, 9.17) is 10.6 Å². The highest BCUT2D eigenvalue weighted by Crippen LogP contribution is 2.44. The fourth-order valence-electron chi connectivity index (χ4n) is 4.16. The van der Waals surface area contributed by atoms with Crippen molar-refractivity contribution in [2.75, 3.05) is 30.9 Å². The van der Waals surface area contributed by atoms with Gasteiger partial charge in [0, 0.05) is 29.0 Å². The molecule has 0 aliphatic carbocycles. The Labute approximate surface area is 236 Å². The van der Waals surface area contributed by atoms with Gasteiger partial charge >= 0.3 is 11.9 Å². The molecule has 2 unspecified atom stereocenters. The van der Waals surface area contributed by atoms with Gasteiger partial charge < -0.3 is 31.0 Å². The van der Waals surface area contributed by atoms with E-state index < -0.39 is 40.6 Å². The predicted molar refractivity (Wildman–Crippen MR) is 141 cm³/mol. The number of hydrogen-bond acceptors (Lipinski definition) is 15. The molecule has 3 atom stereocenters. The van der Waals surface area contributed by atoms with Crippen LogP contribution in [0.5, 0.6) is 0 Å². The normalized spacial score (nSPS) is 22.5. The van der Waals surface area contributed by atoms with Crippen molar-refractivity contribution < 1.29 is 34.2 Å². The fraction of sp³-hybridized carbons (Fsp3) is 0.400. The molecule has 0 saturated carbocycles. The van der Waals surface area contributed by atoms with Crippen LogP contribution in [0.3, 0.4) is 0 Å². The first-order valence-corrected chi connectivity index (χ1v) is 14.2. The predicted octanol–water partition coefficient (Wildman–Crippen LogP) is -1.20. The summed E-state index contributed by atoms with van der Waals surface area (Å²) in [7, 11) is 1.27. The molecule has 0 radical (unpaired) electrons. The van der Waals surface area contributed by atoms with Gasteiger partial charge in [0.15, 0.2) is 10.8 Å². The summed E-state index contributed by atoms with van der Waals surface area (Å²) in [6.07, 6.45) is -0.344. The van der Waals surface area contributed by atoms with Gasteiger partial charge in [0.05, 0.1) is 6.42 Å². The second-order valence-electron chi connectivity index (χ2n) is 8.76. The standard InChI is InChI=1S/C20H20N10O7S3/c1-37-26-12(9-4-38-19(21)22-9)15(33)23-13-16(34)29-5-20(18(35)36,7-40-17(13)29)6-39-10-2-8(3-11(31)32)14-24-27-28-30(14)25-10/h2,4,13,17H,3,5-7H2,1H3,(H2,21,22)(H,23,33)(H,31,32)(H,35,36)/t13?,17-,20?/m1/s1. The van der Waals surface area contributed by atoms with Crippen LogP contribution in [-0.2, 0) is 30.4 Å². The second kappa shape index (κ2) is 10.8. The van der Waals surface area contributed by atoms with Crippen molar-refractivity contribution in [2.24, 2.45) is 10.6 Å². The highest BCUT2D eigenvalue weighted by Gasteiger charge is 2.57. The van der Waals surface area contributed by atoms with E-state index in [1.54, 1.807) is 0 Å². The Balaban J connectivity index is 1.27. The van der Waals surface area contributed by atoms with Crippen molar-refractivity contribution in [3.63, 3.8) is 0 Å². The molecule has 5 rings (SSSR count). The molecule has 40 heavy (non-hydrogen) atoms. The number of nitrogens with two attached hydrogens (primary N) is 1. The lowest BCUT2D eigenvalue weighted by molar-refractivity contribution is -0.157. The third kappa shape index (κ3) is 5.11. The van der Waals surface area contributed by atoms with Crippen LogP contribution in [0.2, 0.25) is 0 Å². The second-order valence-corrected chi connectivity index (χ2v) is 11.7. The van der Waals surface area contributed by atoms with E-state index in [1.807, 2.05) is 0 Å². The minimum absolute atomic E-state index is 0.0336. The molecule has 0 bridgehead atoms. The number of amides is 2. The Bertz CT molecular complexity index is 1540. The van der Waals surface area contributed by atoms with Crippen LogP contribution in [0.15, 0.2) is 21.6 Å². The number of aromatic nitrogens is 6. The topological polar surface area (TPSA) is 240 Å². The fourth-order valence-corrected chi connectivity index (χ4v) is 7.48. The smallest absolute Gasteiger partial charge is 0.313 e. The Morgan fingerprint density at radius 1 is 1.38 bits per heavy atom. The van der Waals surface area contributed by atoms with Gasteiger partial charge in [-0.25, -0.2) is 4.98 Å². The van der Waals surface area contributed by atoms with E-state index in [-0.39, 0.29) is 46.7 Å². The van der Waals surface area contributed by atoms with Gasteiger partial charge in [-0.3, -0.25) is 19.2 Å². The summed E-state index contributed by atoms with van der Waals surface area (Å²) in [6.45, 7) is -0.0883. The van der Waals surface area contributed by atoms with Crippen molar-refractivity contribution in [2.45, 2.75) is 22.9 Å². The first kappa shape index (κ1) is 27.5. The number of tetrazole rings is 1. The van der Waals surface area contributed by atoms with Gasteiger partial charge in [0.2, 0.25) is 11.6 Å². The molecule has 2 aliphatic heterocycles. The third-order valence-corrected chi connectivity index (χ3v) is 9.57. The quantitative estimate of drug-likeness (QED) is 0.0914. The highest BCUT2D eigenvalue weighted by molar-refractivity contribution is 8.00. The monoisotopic (exact) mass is 608 g/mol. The number of thiazole rings is 1. The van der Waals surface area contributed by atoms with Crippen LogP contribution in [0.25, 0.3) is 5.65 Å². The molecule has 5 N–H and O–H groups in total. The van der Waals surface area contributed by atoms with Crippen molar-refractivity contribution >= 4 is 75.1 Å². The number of carbonyl (C=O) groups excluding carboxylic acids is 2. The zero-order valence-corrected chi connectivity index (χ0v) is 22.9. The number of nitrogens with zero attached hydrogens (tertiary/aromatic N) is 8. The zero-order chi connectivity index (χ0) is 28.6. The lowest BCUT2D eigenvalue weighted by Gasteiger charge is -2.53. The van der Waals surface area contributed by atoms with E-state index in [0.29, 0.717) is 10.6 Å². The van der Waals surface area contributed by atoms with Crippen LogP contribution in [0.1, 0.15) is 11.3 Å². The molecular formula is C20H20N10O7S3. The van der Waals surface area contributed by atoms with Crippen LogP contribution in [-0.4, -0.2) is 111 Å². The number of anilines is 1. The van der Waals surface area contributed by atoms with Crippen LogP contribution in [0, 0.1) is 5.41 Å². The minimum Gasteiger partial charge on any atom is -0.481 e. The molecule has 0 spiro atoms. The minimum atomic E-state index is -1.33. The Hall–Kier alpha value is -4.04. The van der Waals surface area contributed by atoms with E-state index >= 15 is 0 Å². The van der Waals surface area contributed by atoms with Crippen LogP contribution in [0.4, 0.5) is 5.13 Å². The summed E-state index contributed by atoms with van der Waals surface area (Å²) in [5.41, 5.74) is 4.88. The number of β-lactam (4-membered cyclic amide) rings is 1. The molecule has 5 heterocycles. The highest BCUT2D eigenvalue weighted by atomic mass is 32.2. The number of rotatable bonds is 10. The molecule has 3 aromatic heterocycles. The van der Waals surface area contributed by atoms with Gasteiger partial charge in [0.1, 0.15) is 34.7 Å². The first-order valence-electron chi connectivity index (χ1n) is 11.3. The Morgan fingerprint density at radius 3 is 2.85 bits per heavy atom. The average Bonchev–Trinajstić information content (AvgIpc) is 3.57. The molecule has 2 aliphatic rings. The van der Waals surface area contributed by atoms with Gasteiger partial charge in [-0.15, -0.1) is 49.7 Å². The molecule has 0 aromatic carbocycles. The summed E-state index contributed by atoms with van der Waals surface area (Å²) in [5.74, 6) is -3.13. The van der Waals surface area contributed by atoms with Gasteiger partial charge in [-0.1, -0.05) is 5.16 Å². The number of carbonyl (C=O) groups is 4. The molecular weight excluding hydrogens is 588 g/mol. The maximum atomic E-state index is 13.0. The Kier molecular flexibility index (Phi) is 7.47. The van der Waals surface area contributed by atoms with Crippen LogP contribution >= 0.6 is 34.9 Å². The van der Waals surface area contributed by atoms with Crippen molar-refractivity contribution in [3.05, 3.63) is 22.7 Å². The first-order chi connectivity index (χ1) is 19.1. The number of aliphatic carboxylic acids is 2.